The summed E-state index contributed by atoms with van der Waals surface area (Å²) in [6.45, 7) is 6.72. The standard InChI is InChI=1S/C24H28N2S/c1-2-26-15-7-11-22(26)18-25-17-21-10-5-6-12-24(21)27-23-14-13-19-8-3-4-9-20(19)16-23/h3-6,8-10,12-14,16,22,25H,2,7,11,15,17-18H2,1H3. The molecule has 0 spiro atoms. The average molecular weight is 377 g/mol. The number of hydrogen-bond donors (Lipinski definition) is 1. The van der Waals surface area contributed by atoms with Crippen LogP contribution in [-0.2, 0) is 6.54 Å². The van der Waals surface area contributed by atoms with Crippen molar-refractivity contribution in [3.8, 4) is 0 Å². The monoisotopic (exact) mass is 376 g/mol. The van der Waals surface area contributed by atoms with E-state index in [2.05, 4.69) is 83.9 Å². The number of hydrogen-bond acceptors (Lipinski definition) is 3. The SMILES string of the molecule is CCN1CCCC1CNCc1ccccc1Sc1ccc2ccccc2c1. The Balaban J connectivity index is 1.42. The number of benzene rings is 3. The van der Waals surface area contributed by atoms with Gasteiger partial charge in [0.1, 0.15) is 0 Å². The van der Waals surface area contributed by atoms with Gasteiger partial charge in [-0.3, -0.25) is 4.90 Å². The fourth-order valence-electron chi connectivity index (χ4n) is 4.02. The van der Waals surface area contributed by atoms with Gasteiger partial charge in [0.05, 0.1) is 0 Å². The van der Waals surface area contributed by atoms with Crippen LogP contribution in [0.2, 0.25) is 0 Å². The summed E-state index contributed by atoms with van der Waals surface area (Å²) in [7, 11) is 0. The van der Waals surface area contributed by atoms with E-state index in [0.717, 1.165) is 13.1 Å². The first-order chi connectivity index (χ1) is 13.3. The van der Waals surface area contributed by atoms with Crippen molar-refractivity contribution in [1.82, 2.24) is 10.2 Å². The lowest BCUT2D eigenvalue weighted by molar-refractivity contribution is 0.260. The van der Waals surface area contributed by atoms with Crippen LogP contribution in [0.3, 0.4) is 0 Å². The zero-order valence-corrected chi connectivity index (χ0v) is 16.8. The van der Waals surface area contributed by atoms with Gasteiger partial charge in [-0.15, -0.1) is 0 Å². The smallest absolute Gasteiger partial charge is 0.0221 e. The Morgan fingerprint density at radius 3 is 2.70 bits per heavy atom. The van der Waals surface area contributed by atoms with Crippen molar-refractivity contribution < 1.29 is 0 Å². The summed E-state index contributed by atoms with van der Waals surface area (Å²) in [6.07, 6.45) is 2.67. The molecule has 1 fully saturated rings. The summed E-state index contributed by atoms with van der Waals surface area (Å²) in [5.41, 5.74) is 1.39. The van der Waals surface area contributed by atoms with Crippen LogP contribution >= 0.6 is 11.8 Å². The lowest BCUT2D eigenvalue weighted by Crippen LogP contribution is -2.37. The molecule has 0 bridgehead atoms. The van der Waals surface area contributed by atoms with Crippen molar-refractivity contribution in [1.29, 1.82) is 0 Å². The highest BCUT2D eigenvalue weighted by molar-refractivity contribution is 7.99. The Morgan fingerprint density at radius 2 is 1.81 bits per heavy atom. The zero-order valence-electron chi connectivity index (χ0n) is 16.0. The van der Waals surface area contributed by atoms with E-state index in [-0.39, 0.29) is 0 Å². The summed E-state index contributed by atoms with van der Waals surface area (Å²) in [4.78, 5) is 5.25. The Bertz CT molecular complexity index is 892. The van der Waals surface area contributed by atoms with Gasteiger partial charge in [0, 0.05) is 28.9 Å². The van der Waals surface area contributed by atoms with Crippen molar-refractivity contribution in [3.63, 3.8) is 0 Å². The van der Waals surface area contributed by atoms with Crippen LogP contribution in [0.1, 0.15) is 25.3 Å². The topological polar surface area (TPSA) is 15.3 Å². The molecule has 1 saturated heterocycles. The molecule has 1 heterocycles. The van der Waals surface area contributed by atoms with E-state index in [1.165, 1.54) is 52.1 Å². The van der Waals surface area contributed by atoms with Crippen LogP contribution in [0.25, 0.3) is 10.8 Å². The van der Waals surface area contributed by atoms with Crippen molar-refractivity contribution in [3.05, 3.63) is 72.3 Å². The van der Waals surface area contributed by atoms with Crippen molar-refractivity contribution in [2.24, 2.45) is 0 Å². The quantitative estimate of drug-likeness (QED) is 0.581. The number of rotatable bonds is 7. The fraction of sp³-hybridized carbons (Fsp3) is 0.333. The van der Waals surface area contributed by atoms with Crippen LogP contribution < -0.4 is 5.32 Å². The Morgan fingerprint density at radius 1 is 1.00 bits per heavy atom. The molecule has 1 unspecified atom stereocenters. The molecule has 1 aliphatic heterocycles. The van der Waals surface area contributed by atoms with Crippen molar-refractivity contribution >= 4 is 22.5 Å². The maximum atomic E-state index is 3.71. The molecule has 27 heavy (non-hydrogen) atoms. The number of nitrogens with zero attached hydrogens (tertiary/aromatic N) is 1. The predicted molar refractivity (Wildman–Crippen MR) is 116 cm³/mol. The summed E-state index contributed by atoms with van der Waals surface area (Å²) in [5, 5.41) is 6.31. The maximum absolute atomic E-state index is 3.71. The summed E-state index contributed by atoms with van der Waals surface area (Å²) in [6, 6.07) is 24.8. The molecular weight excluding hydrogens is 348 g/mol. The van der Waals surface area contributed by atoms with Crippen LogP contribution in [-0.4, -0.2) is 30.6 Å². The van der Waals surface area contributed by atoms with E-state index in [9.17, 15) is 0 Å². The number of nitrogens with one attached hydrogen (secondary N) is 1. The molecule has 1 aliphatic rings. The first kappa shape index (κ1) is 18.5. The second-order valence-electron chi connectivity index (χ2n) is 7.27. The minimum Gasteiger partial charge on any atom is -0.311 e. The number of likely N-dealkylation sites (N-methyl/N-ethyl adjacent to an activating group) is 1. The van der Waals surface area contributed by atoms with Gasteiger partial charge in [-0.1, -0.05) is 67.2 Å². The normalized spacial score (nSPS) is 17.6. The van der Waals surface area contributed by atoms with Gasteiger partial charge in [-0.05, 0) is 60.5 Å². The van der Waals surface area contributed by atoms with Crippen LogP contribution in [0.15, 0.2) is 76.5 Å². The summed E-state index contributed by atoms with van der Waals surface area (Å²) in [5.74, 6) is 0. The van der Waals surface area contributed by atoms with E-state index >= 15 is 0 Å². The molecule has 1 atom stereocenters. The molecule has 0 saturated carbocycles. The summed E-state index contributed by atoms with van der Waals surface area (Å²) >= 11 is 1.87. The molecule has 0 aliphatic carbocycles. The molecule has 3 heteroatoms. The predicted octanol–water partition coefficient (Wildman–Crippen LogP) is 5.56. The lowest BCUT2D eigenvalue weighted by atomic mass is 10.1. The molecule has 3 aromatic rings. The Hall–Kier alpha value is -1.81. The molecule has 140 valence electrons. The van der Waals surface area contributed by atoms with Gasteiger partial charge in [0.2, 0.25) is 0 Å². The molecule has 4 rings (SSSR count). The zero-order chi connectivity index (χ0) is 18.5. The number of likely N-dealkylation sites (tertiary alicyclic amines) is 1. The van der Waals surface area contributed by atoms with Crippen LogP contribution in [0, 0.1) is 0 Å². The minimum atomic E-state index is 0.704. The van der Waals surface area contributed by atoms with Gasteiger partial charge >= 0.3 is 0 Å². The highest BCUT2D eigenvalue weighted by Crippen LogP contribution is 2.32. The molecular formula is C24H28N2S. The second kappa shape index (κ2) is 8.92. The van der Waals surface area contributed by atoms with Gasteiger partial charge in [0.15, 0.2) is 0 Å². The van der Waals surface area contributed by atoms with Gasteiger partial charge in [0.25, 0.3) is 0 Å². The van der Waals surface area contributed by atoms with Crippen molar-refractivity contribution in [2.45, 2.75) is 42.1 Å². The largest absolute Gasteiger partial charge is 0.311 e. The molecule has 2 nitrogen and oxygen atoms in total. The second-order valence-corrected chi connectivity index (χ2v) is 8.39. The fourth-order valence-corrected chi connectivity index (χ4v) is 5.02. The van der Waals surface area contributed by atoms with Gasteiger partial charge < -0.3 is 5.32 Å². The third-order valence-electron chi connectivity index (χ3n) is 5.52. The Kier molecular flexibility index (Phi) is 6.13. The molecule has 0 radical (unpaired) electrons. The van der Waals surface area contributed by atoms with E-state index in [0.29, 0.717) is 6.04 Å². The molecule has 0 amide bonds. The third-order valence-corrected chi connectivity index (χ3v) is 6.63. The molecule has 1 N–H and O–H groups in total. The number of fused-ring (bicyclic) bond motifs is 1. The van der Waals surface area contributed by atoms with E-state index in [1.807, 2.05) is 11.8 Å². The van der Waals surface area contributed by atoms with Gasteiger partial charge in [-0.25, -0.2) is 0 Å². The van der Waals surface area contributed by atoms with E-state index in [1.54, 1.807) is 0 Å². The first-order valence-corrected chi connectivity index (χ1v) is 10.8. The minimum absolute atomic E-state index is 0.704. The average Bonchev–Trinajstić information content (AvgIpc) is 3.17. The van der Waals surface area contributed by atoms with E-state index < -0.39 is 0 Å². The summed E-state index contributed by atoms with van der Waals surface area (Å²) < 4.78 is 0. The molecule has 3 aromatic carbocycles. The first-order valence-electron chi connectivity index (χ1n) is 10.0. The highest BCUT2D eigenvalue weighted by atomic mass is 32.2. The van der Waals surface area contributed by atoms with Crippen LogP contribution in [0.5, 0.6) is 0 Å². The highest BCUT2D eigenvalue weighted by Gasteiger charge is 2.22. The third kappa shape index (κ3) is 4.55. The molecule has 0 aromatic heterocycles. The lowest BCUT2D eigenvalue weighted by Gasteiger charge is -2.23. The Labute approximate surface area is 167 Å². The van der Waals surface area contributed by atoms with Gasteiger partial charge in [-0.2, -0.15) is 0 Å². The van der Waals surface area contributed by atoms with E-state index in [4.69, 9.17) is 0 Å². The maximum Gasteiger partial charge on any atom is 0.0221 e. The van der Waals surface area contributed by atoms with Crippen LogP contribution in [0.4, 0.5) is 0 Å². The van der Waals surface area contributed by atoms with Crippen molar-refractivity contribution in [2.75, 3.05) is 19.6 Å².